The van der Waals surface area contributed by atoms with Gasteiger partial charge in [0, 0.05) is 24.7 Å². The molecule has 0 fully saturated rings. The summed E-state index contributed by atoms with van der Waals surface area (Å²) in [7, 11) is 1.70. The number of benzene rings is 2. The normalized spacial score (nSPS) is 10.8. The summed E-state index contributed by atoms with van der Waals surface area (Å²) in [6.07, 6.45) is 1.63. The number of nitrogens with two attached hydrogens (primary N) is 1. The zero-order chi connectivity index (χ0) is 19.1. The standard InChI is InChI=1S/C20H21N5O2.HI/c1-22-20(23-11-14-7-9-15(10-8-14)18(21)26)24-12-17-13-27-19(25-17)16-5-3-2-4-6-16;/h2-10,13H,11-12H2,1H3,(H2,21,26)(H2,22,23,24);1H. The van der Waals surface area contributed by atoms with Gasteiger partial charge in [0.25, 0.3) is 0 Å². The van der Waals surface area contributed by atoms with Crippen LogP contribution in [0.5, 0.6) is 0 Å². The lowest BCUT2D eigenvalue weighted by Gasteiger charge is -2.11. The van der Waals surface area contributed by atoms with Gasteiger partial charge in [0.1, 0.15) is 6.26 Å². The van der Waals surface area contributed by atoms with Crippen LogP contribution in [-0.2, 0) is 13.1 Å². The number of primary amides is 1. The van der Waals surface area contributed by atoms with Crippen molar-refractivity contribution in [3.8, 4) is 11.5 Å². The molecule has 8 heteroatoms. The number of carbonyl (C=O) groups is 1. The van der Waals surface area contributed by atoms with Crippen molar-refractivity contribution >= 4 is 35.8 Å². The zero-order valence-corrected chi connectivity index (χ0v) is 17.7. The summed E-state index contributed by atoms with van der Waals surface area (Å²) >= 11 is 0. The minimum Gasteiger partial charge on any atom is -0.444 e. The van der Waals surface area contributed by atoms with Gasteiger partial charge in [-0.1, -0.05) is 30.3 Å². The lowest BCUT2D eigenvalue weighted by molar-refractivity contribution is 0.100. The van der Waals surface area contributed by atoms with Gasteiger partial charge in [-0.25, -0.2) is 4.98 Å². The molecule has 1 heterocycles. The van der Waals surface area contributed by atoms with Gasteiger partial charge in [0.2, 0.25) is 11.8 Å². The van der Waals surface area contributed by atoms with E-state index in [2.05, 4.69) is 20.6 Å². The minimum absolute atomic E-state index is 0. The summed E-state index contributed by atoms with van der Waals surface area (Å²) in [5, 5.41) is 6.40. The van der Waals surface area contributed by atoms with Crippen LogP contribution in [0, 0.1) is 0 Å². The molecule has 0 aliphatic heterocycles. The molecule has 3 rings (SSSR count). The largest absolute Gasteiger partial charge is 0.444 e. The monoisotopic (exact) mass is 491 g/mol. The fraction of sp³-hybridized carbons (Fsp3) is 0.150. The maximum Gasteiger partial charge on any atom is 0.248 e. The van der Waals surface area contributed by atoms with E-state index in [-0.39, 0.29) is 24.0 Å². The summed E-state index contributed by atoms with van der Waals surface area (Å²) in [4.78, 5) is 19.8. The molecule has 1 amide bonds. The number of aliphatic imine (C=N–C) groups is 1. The molecule has 0 radical (unpaired) electrons. The van der Waals surface area contributed by atoms with Crippen LogP contribution >= 0.6 is 24.0 Å². The third kappa shape index (κ3) is 5.81. The quantitative estimate of drug-likeness (QED) is 0.280. The summed E-state index contributed by atoms with van der Waals surface area (Å²) in [6.45, 7) is 1.05. The number of carbonyl (C=O) groups excluding carboxylic acids is 1. The number of rotatable bonds is 6. The van der Waals surface area contributed by atoms with E-state index in [4.69, 9.17) is 10.2 Å². The maximum absolute atomic E-state index is 11.1. The Bertz CT molecular complexity index is 923. The molecule has 0 aliphatic rings. The van der Waals surface area contributed by atoms with Crippen molar-refractivity contribution in [2.24, 2.45) is 10.7 Å². The number of oxazole rings is 1. The first-order chi connectivity index (χ1) is 13.2. The smallest absolute Gasteiger partial charge is 0.248 e. The fourth-order valence-corrected chi connectivity index (χ4v) is 2.47. The SMILES string of the molecule is CN=C(NCc1ccc(C(N)=O)cc1)NCc1coc(-c2ccccc2)n1.I. The predicted octanol–water partition coefficient (Wildman–Crippen LogP) is 2.92. The Labute approximate surface area is 180 Å². The van der Waals surface area contributed by atoms with E-state index in [0.29, 0.717) is 30.5 Å². The summed E-state index contributed by atoms with van der Waals surface area (Å²) in [6, 6.07) is 16.9. The molecule has 7 nitrogen and oxygen atoms in total. The van der Waals surface area contributed by atoms with E-state index in [9.17, 15) is 4.79 Å². The Morgan fingerprint density at radius 2 is 1.75 bits per heavy atom. The molecule has 3 aromatic rings. The Kier molecular flexibility index (Phi) is 8.00. The van der Waals surface area contributed by atoms with Crippen molar-refractivity contribution < 1.29 is 9.21 Å². The van der Waals surface area contributed by atoms with E-state index in [1.807, 2.05) is 42.5 Å². The second kappa shape index (κ2) is 10.5. The van der Waals surface area contributed by atoms with Gasteiger partial charge in [-0.2, -0.15) is 0 Å². The molecule has 0 bridgehead atoms. The van der Waals surface area contributed by atoms with Crippen molar-refractivity contribution in [3.63, 3.8) is 0 Å². The van der Waals surface area contributed by atoms with E-state index in [1.54, 1.807) is 25.4 Å². The van der Waals surface area contributed by atoms with E-state index in [0.717, 1.165) is 16.8 Å². The Morgan fingerprint density at radius 3 is 2.39 bits per heavy atom. The summed E-state index contributed by atoms with van der Waals surface area (Å²) in [5.74, 6) is 0.789. The Hall–Kier alpha value is -2.88. The van der Waals surface area contributed by atoms with Gasteiger partial charge in [-0.15, -0.1) is 24.0 Å². The molecule has 0 atom stereocenters. The first kappa shape index (κ1) is 21.4. The average Bonchev–Trinajstić information content (AvgIpc) is 3.18. The second-order valence-corrected chi connectivity index (χ2v) is 5.85. The highest BCUT2D eigenvalue weighted by Crippen LogP contribution is 2.17. The van der Waals surface area contributed by atoms with Crippen molar-refractivity contribution in [3.05, 3.63) is 77.7 Å². The predicted molar refractivity (Wildman–Crippen MR) is 119 cm³/mol. The second-order valence-electron chi connectivity index (χ2n) is 5.85. The summed E-state index contributed by atoms with van der Waals surface area (Å²) < 4.78 is 5.53. The molecule has 0 unspecified atom stereocenters. The lowest BCUT2D eigenvalue weighted by Crippen LogP contribution is -2.36. The van der Waals surface area contributed by atoms with Crippen LogP contribution in [0.3, 0.4) is 0 Å². The van der Waals surface area contributed by atoms with Crippen LogP contribution in [0.2, 0.25) is 0 Å². The first-order valence-corrected chi connectivity index (χ1v) is 8.49. The van der Waals surface area contributed by atoms with Crippen LogP contribution in [0.25, 0.3) is 11.5 Å². The fourth-order valence-electron chi connectivity index (χ4n) is 2.47. The number of halogens is 1. The number of guanidine groups is 1. The highest BCUT2D eigenvalue weighted by Gasteiger charge is 2.07. The zero-order valence-electron chi connectivity index (χ0n) is 15.4. The molecule has 0 saturated heterocycles. The van der Waals surface area contributed by atoms with E-state index in [1.165, 1.54) is 0 Å². The molecule has 146 valence electrons. The van der Waals surface area contributed by atoms with Gasteiger partial charge in [-0.05, 0) is 29.8 Å². The highest BCUT2D eigenvalue weighted by molar-refractivity contribution is 14.0. The number of amides is 1. The molecule has 0 saturated carbocycles. The molecule has 0 aliphatic carbocycles. The first-order valence-electron chi connectivity index (χ1n) is 8.49. The number of hydrogen-bond donors (Lipinski definition) is 3. The van der Waals surface area contributed by atoms with Crippen LogP contribution < -0.4 is 16.4 Å². The van der Waals surface area contributed by atoms with E-state index >= 15 is 0 Å². The van der Waals surface area contributed by atoms with Crippen molar-refractivity contribution in [2.75, 3.05) is 7.05 Å². The van der Waals surface area contributed by atoms with Gasteiger partial charge in [0.15, 0.2) is 5.96 Å². The van der Waals surface area contributed by atoms with Crippen molar-refractivity contribution in [1.29, 1.82) is 0 Å². The van der Waals surface area contributed by atoms with Crippen LogP contribution in [0.15, 0.2) is 70.3 Å². The molecular formula is C20H22IN5O2. The molecule has 0 spiro atoms. The molecule has 1 aromatic heterocycles. The molecule has 4 N–H and O–H groups in total. The maximum atomic E-state index is 11.1. The Balaban J connectivity index is 0.00000280. The van der Waals surface area contributed by atoms with Crippen LogP contribution in [0.4, 0.5) is 0 Å². The molecule has 28 heavy (non-hydrogen) atoms. The number of aromatic nitrogens is 1. The Morgan fingerprint density at radius 1 is 1.07 bits per heavy atom. The molecule has 2 aromatic carbocycles. The number of nitrogens with zero attached hydrogens (tertiary/aromatic N) is 2. The number of hydrogen-bond acceptors (Lipinski definition) is 4. The van der Waals surface area contributed by atoms with Gasteiger partial charge >= 0.3 is 0 Å². The number of nitrogens with one attached hydrogen (secondary N) is 2. The highest BCUT2D eigenvalue weighted by atomic mass is 127. The van der Waals surface area contributed by atoms with Crippen molar-refractivity contribution in [2.45, 2.75) is 13.1 Å². The average molecular weight is 491 g/mol. The third-order valence-electron chi connectivity index (χ3n) is 3.93. The van der Waals surface area contributed by atoms with Crippen LogP contribution in [0.1, 0.15) is 21.6 Å². The van der Waals surface area contributed by atoms with Crippen molar-refractivity contribution in [1.82, 2.24) is 15.6 Å². The van der Waals surface area contributed by atoms with Gasteiger partial charge in [0.05, 0.1) is 12.2 Å². The topological polar surface area (TPSA) is 106 Å². The molecular weight excluding hydrogens is 469 g/mol. The van der Waals surface area contributed by atoms with Crippen LogP contribution in [-0.4, -0.2) is 23.9 Å². The van der Waals surface area contributed by atoms with Gasteiger partial charge in [-0.3, -0.25) is 9.79 Å². The lowest BCUT2D eigenvalue weighted by atomic mass is 10.1. The summed E-state index contributed by atoms with van der Waals surface area (Å²) in [5.41, 5.74) is 8.46. The minimum atomic E-state index is -0.436. The van der Waals surface area contributed by atoms with Gasteiger partial charge < -0.3 is 20.8 Å². The van der Waals surface area contributed by atoms with E-state index < -0.39 is 5.91 Å². The third-order valence-corrected chi connectivity index (χ3v) is 3.93.